The summed E-state index contributed by atoms with van der Waals surface area (Å²) in [6, 6.07) is 0. The summed E-state index contributed by atoms with van der Waals surface area (Å²) in [7, 11) is 0. The fraction of sp³-hybridized carbons (Fsp3) is 1.00. The molecular weight excluding hydrogens is 1140 g/mol. The molecule has 7 heterocycles. The van der Waals surface area contributed by atoms with Crippen molar-refractivity contribution < 1.29 is 144 Å². The predicted molar refractivity (Wildman–Crippen MR) is 278 cm³/mol. The van der Waals surface area contributed by atoms with Crippen molar-refractivity contribution in [2.45, 2.75) is 257 Å². The summed E-state index contributed by atoms with van der Waals surface area (Å²) in [5, 5.41) is 185. The van der Waals surface area contributed by atoms with Crippen LogP contribution < -0.4 is 0 Å². The van der Waals surface area contributed by atoms with E-state index in [0.29, 0.717) is 25.4 Å². The van der Waals surface area contributed by atoms with E-state index in [-0.39, 0.29) is 52.4 Å². The Morgan fingerprint density at radius 2 is 0.941 bits per heavy atom. The number of fused-ring (bicyclic) bond motifs is 7. The van der Waals surface area contributed by atoms with Crippen LogP contribution in [0.5, 0.6) is 0 Å². The van der Waals surface area contributed by atoms with Crippen molar-refractivity contribution in [1.29, 1.82) is 0 Å². The highest BCUT2D eigenvalue weighted by molar-refractivity contribution is 5.19. The highest BCUT2D eigenvalue weighted by Crippen LogP contribution is 2.71. The number of ether oxygens (including phenoxy) is 12. The third kappa shape index (κ3) is 11.3. The lowest BCUT2D eigenvalue weighted by molar-refractivity contribution is -0.388. The second-order valence-corrected chi connectivity index (χ2v) is 26.9. The lowest BCUT2D eigenvalue weighted by Gasteiger charge is -2.62. The Balaban J connectivity index is 0.660. The molecule has 0 aromatic carbocycles. The molecule has 85 heavy (non-hydrogen) atoms. The minimum absolute atomic E-state index is 0.0458. The smallest absolute Gasteiger partial charge is 0.187 e. The van der Waals surface area contributed by atoms with Crippen LogP contribution in [-0.4, -0.2) is 304 Å². The molecule has 29 heteroatoms. The van der Waals surface area contributed by atoms with Crippen molar-refractivity contribution in [2.75, 3.05) is 39.6 Å². The Hall–Kier alpha value is -1.16. The van der Waals surface area contributed by atoms with E-state index in [0.717, 1.165) is 38.5 Å². The third-order valence-corrected chi connectivity index (χ3v) is 22.2. The Kier molecular flexibility index (Phi) is 19.5. The number of rotatable bonds is 15. The lowest BCUT2D eigenvalue weighted by atomic mass is 9.44. The maximum atomic E-state index is 12.2. The van der Waals surface area contributed by atoms with Gasteiger partial charge in [-0.1, -0.05) is 27.7 Å². The summed E-state index contributed by atoms with van der Waals surface area (Å²) in [5.41, 5.74) is -0.392. The fourth-order valence-electron chi connectivity index (χ4n) is 17.5. The van der Waals surface area contributed by atoms with E-state index in [4.69, 9.17) is 56.8 Å². The van der Waals surface area contributed by atoms with Gasteiger partial charge in [-0.25, -0.2) is 0 Å². The van der Waals surface area contributed by atoms with Crippen LogP contribution in [0.4, 0.5) is 0 Å². The first-order chi connectivity index (χ1) is 40.3. The summed E-state index contributed by atoms with van der Waals surface area (Å²) in [4.78, 5) is 0. The molecule has 7 aliphatic heterocycles. The van der Waals surface area contributed by atoms with Crippen LogP contribution in [0.3, 0.4) is 0 Å². The van der Waals surface area contributed by atoms with Crippen molar-refractivity contribution in [3.05, 3.63) is 0 Å². The zero-order valence-corrected chi connectivity index (χ0v) is 48.1. The van der Waals surface area contributed by atoms with Crippen molar-refractivity contribution >= 4 is 0 Å². The summed E-state index contributed by atoms with van der Waals surface area (Å²) in [6.07, 6.45) is -38.6. The molecule has 4 saturated carbocycles. The van der Waals surface area contributed by atoms with E-state index in [1.54, 1.807) is 0 Å². The molecule has 38 atom stereocenters. The molecule has 3 unspecified atom stereocenters. The molecule has 1 spiro atoms. The zero-order valence-electron chi connectivity index (χ0n) is 48.1. The predicted octanol–water partition coefficient (Wildman–Crippen LogP) is -6.50. The highest BCUT2D eigenvalue weighted by Gasteiger charge is 2.73. The van der Waals surface area contributed by atoms with E-state index in [9.17, 15) is 86.8 Å². The van der Waals surface area contributed by atoms with E-state index >= 15 is 0 Å². The molecule has 0 aromatic heterocycles. The molecular formula is C56H92O29. The van der Waals surface area contributed by atoms with Crippen molar-refractivity contribution in [2.24, 2.45) is 52.3 Å². The molecule has 7 saturated heterocycles. The Morgan fingerprint density at radius 1 is 0.459 bits per heavy atom. The first-order valence-corrected chi connectivity index (χ1v) is 30.5. The second kappa shape index (κ2) is 25.4. The number of hydrogen-bond donors (Lipinski definition) is 17. The Bertz CT molecular complexity index is 2210. The van der Waals surface area contributed by atoms with Gasteiger partial charge in [0.2, 0.25) is 0 Å². The summed E-state index contributed by atoms with van der Waals surface area (Å²) < 4.78 is 70.9. The fourth-order valence-corrected chi connectivity index (χ4v) is 17.5. The van der Waals surface area contributed by atoms with E-state index in [1.807, 2.05) is 0 Å². The van der Waals surface area contributed by atoms with Crippen LogP contribution in [0.1, 0.15) is 79.1 Å². The summed E-state index contributed by atoms with van der Waals surface area (Å²) in [6.45, 7) is 5.56. The van der Waals surface area contributed by atoms with E-state index in [1.165, 1.54) is 0 Å². The first kappa shape index (κ1) is 65.3. The van der Waals surface area contributed by atoms with Crippen molar-refractivity contribution in [3.63, 3.8) is 0 Å². The van der Waals surface area contributed by atoms with Gasteiger partial charge in [0.15, 0.2) is 37.2 Å². The van der Waals surface area contributed by atoms with Crippen LogP contribution in [0.15, 0.2) is 0 Å². The zero-order chi connectivity index (χ0) is 61.1. The number of aliphatic hydroxyl groups excluding tert-OH is 17. The van der Waals surface area contributed by atoms with Crippen LogP contribution in [-0.2, 0) is 56.8 Å². The van der Waals surface area contributed by atoms with Gasteiger partial charge in [-0.15, -0.1) is 0 Å². The van der Waals surface area contributed by atoms with E-state index in [2.05, 4.69) is 27.7 Å². The minimum Gasteiger partial charge on any atom is -0.394 e. The molecule has 29 nitrogen and oxygen atoms in total. The second-order valence-electron chi connectivity index (χ2n) is 26.9. The molecule has 11 rings (SSSR count). The number of hydrogen-bond acceptors (Lipinski definition) is 29. The monoisotopic (exact) mass is 1230 g/mol. The van der Waals surface area contributed by atoms with Crippen LogP contribution >= 0.6 is 0 Å². The average Bonchev–Trinajstić information content (AvgIpc) is 1.64. The molecule has 0 amide bonds. The van der Waals surface area contributed by atoms with Crippen LogP contribution in [0, 0.1) is 52.3 Å². The van der Waals surface area contributed by atoms with Gasteiger partial charge in [0.25, 0.3) is 0 Å². The van der Waals surface area contributed by atoms with Crippen LogP contribution in [0.2, 0.25) is 0 Å². The Labute approximate surface area is 491 Å². The van der Waals surface area contributed by atoms with Gasteiger partial charge in [0, 0.05) is 18.3 Å². The molecule has 490 valence electrons. The molecule has 0 radical (unpaired) electrons. The van der Waals surface area contributed by atoms with Crippen LogP contribution in [0.25, 0.3) is 0 Å². The largest absolute Gasteiger partial charge is 0.394 e. The summed E-state index contributed by atoms with van der Waals surface area (Å²) >= 11 is 0. The molecule has 0 bridgehead atoms. The van der Waals surface area contributed by atoms with Crippen molar-refractivity contribution in [1.82, 2.24) is 0 Å². The van der Waals surface area contributed by atoms with Crippen molar-refractivity contribution in [3.8, 4) is 0 Å². The third-order valence-electron chi connectivity index (χ3n) is 22.2. The topological polar surface area (TPSA) is 455 Å². The summed E-state index contributed by atoms with van der Waals surface area (Å²) in [5.74, 6) is 0.811. The molecule has 4 aliphatic carbocycles. The first-order valence-electron chi connectivity index (χ1n) is 30.5. The van der Waals surface area contributed by atoms with Gasteiger partial charge in [-0.05, 0) is 85.4 Å². The lowest BCUT2D eigenvalue weighted by Crippen LogP contribution is -2.67. The van der Waals surface area contributed by atoms with Gasteiger partial charge in [0.05, 0.1) is 64.1 Å². The van der Waals surface area contributed by atoms with Gasteiger partial charge in [0.1, 0.15) is 116 Å². The maximum Gasteiger partial charge on any atom is 0.187 e. The quantitative estimate of drug-likeness (QED) is 0.0725. The molecule has 11 fully saturated rings. The normalized spacial score (nSPS) is 57.9. The standard InChI is InChI=1S/C56H92O29/c1-19-7-10-56(75-17-19)20(2)31-48(85-56)35(64)32-22-6-5-21-11-25(24(61)12-55(21,4)23(22)8-9-54(31,32)3)76-50-40(69)34(63)30(81-50)18-74-49-42(71)37(66)45(27(14-58)78-49)83-52-44(73)39(68)47(29(16-60)80-52)84-53-43(72)38(67)46(28(15-59)79-53)82-51-41(70)36(65)33(62)26(13-57)77-51/h19-53,57-73H,5-18H2,1-4H3/t19-,20+,21+,22-,23?,24-,25-,26-,27-,28-,29-,30-,31+,32?,33-,34-,35+,36+,37-,38-,39-,40+,41-,42+,43-,44+,45-,46-,47-,48-,49-,50-,51?,52+,53+,54-,55+,56-/m1/s1. The molecule has 0 aromatic rings. The number of aliphatic hydroxyl groups is 17. The molecule has 17 N–H and O–H groups in total. The molecule has 11 aliphatic rings. The van der Waals surface area contributed by atoms with Gasteiger partial charge in [-0.3, -0.25) is 0 Å². The highest BCUT2D eigenvalue weighted by atomic mass is 16.8. The van der Waals surface area contributed by atoms with Gasteiger partial charge >= 0.3 is 0 Å². The van der Waals surface area contributed by atoms with Gasteiger partial charge in [-0.2, -0.15) is 0 Å². The Morgan fingerprint density at radius 3 is 1.48 bits per heavy atom. The average molecular weight is 1230 g/mol. The maximum absolute atomic E-state index is 12.2. The van der Waals surface area contributed by atoms with E-state index < -0.39 is 205 Å². The minimum atomic E-state index is -2.10. The SMILES string of the molecule is C[C@@H]1CC[C@@]2(OC1)O[C@@H]1[C@H]([C@@H]2C)[C@@]2(C)CCC3[C@@H](CC[C@H]4C[C@@H](O[C@@H]5O[C@H](CO[C@@H]6O[C@H](CO)[C@@H](O[C@@H]7O[C@H](CO)[C@@H](O[C@@H]8O[C@H](CO)[C@@H](OC9O[C@H](CO)[C@@H](O)[C@H](O)[C@H]9O)[C@H](O)[C@H]8O)[C@H](O)[C@@H]7O)[C@H](O)[C@@H]6O)[C@@H](O)[C@@H]5O)[C@H](O)C[C@]34C)C2[C@@H]1O. The van der Waals surface area contributed by atoms with Gasteiger partial charge < -0.3 is 144 Å².